The molecular formula is C18H18N3O2S+. The second kappa shape index (κ2) is 6.80. The summed E-state index contributed by atoms with van der Waals surface area (Å²) in [5.41, 5.74) is 3.03. The number of methoxy groups -OCH3 is 2. The van der Waals surface area contributed by atoms with E-state index in [4.69, 9.17) is 9.47 Å². The molecule has 3 rings (SSSR count). The third-order valence-electron chi connectivity index (χ3n) is 3.65. The van der Waals surface area contributed by atoms with Crippen LogP contribution in [-0.2, 0) is 0 Å². The molecule has 2 heterocycles. The van der Waals surface area contributed by atoms with Gasteiger partial charge in [-0.15, -0.1) is 4.98 Å². The lowest BCUT2D eigenvalue weighted by atomic mass is 10.1. The van der Waals surface area contributed by atoms with Crippen molar-refractivity contribution >= 4 is 29.0 Å². The molecular weight excluding hydrogens is 322 g/mol. The summed E-state index contributed by atoms with van der Waals surface area (Å²) in [4.78, 5) is 9.00. The SMILES string of the molecule is C=[N+](c1ccc(OC)cn1)c1nc(-c2ccc(OC)c(C)c2)cs1. The summed E-state index contributed by atoms with van der Waals surface area (Å²) in [5, 5.41) is 2.79. The molecule has 0 bridgehead atoms. The first-order valence-electron chi connectivity index (χ1n) is 7.33. The van der Waals surface area contributed by atoms with Gasteiger partial charge >= 0.3 is 5.13 Å². The standard InChI is InChI=1S/C18H18N3O2S/c1-12-9-13(5-7-16(12)23-4)15-11-24-18(20-15)21(2)17-8-6-14(22-3)10-19-17/h5-11H,2H2,1,3-4H3/q+1. The van der Waals surface area contributed by atoms with E-state index in [9.17, 15) is 0 Å². The second-order valence-corrected chi connectivity index (χ2v) is 6.02. The normalized spacial score (nSPS) is 10.5. The highest BCUT2D eigenvalue weighted by molar-refractivity contribution is 7.13. The van der Waals surface area contributed by atoms with Crippen molar-refractivity contribution in [3.8, 4) is 22.8 Å². The van der Waals surface area contributed by atoms with Crippen LogP contribution in [0.1, 0.15) is 5.56 Å². The largest absolute Gasteiger partial charge is 0.496 e. The Bertz CT molecular complexity index is 872. The predicted molar refractivity (Wildman–Crippen MR) is 98.2 cm³/mol. The van der Waals surface area contributed by atoms with E-state index >= 15 is 0 Å². The zero-order valence-electron chi connectivity index (χ0n) is 13.8. The molecule has 0 N–H and O–H groups in total. The molecule has 122 valence electrons. The number of benzene rings is 1. The molecule has 6 heteroatoms. The Morgan fingerprint density at radius 3 is 2.58 bits per heavy atom. The molecule has 0 saturated heterocycles. The highest BCUT2D eigenvalue weighted by Crippen LogP contribution is 2.30. The Labute approximate surface area is 144 Å². The van der Waals surface area contributed by atoms with Crippen LogP contribution >= 0.6 is 11.3 Å². The van der Waals surface area contributed by atoms with Crippen LogP contribution in [0.4, 0.5) is 10.9 Å². The number of ether oxygens (including phenoxy) is 2. The number of pyridine rings is 1. The molecule has 3 aromatic rings. The van der Waals surface area contributed by atoms with Crippen molar-refractivity contribution in [1.82, 2.24) is 14.5 Å². The van der Waals surface area contributed by atoms with Gasteiger partial charge in [0.2, 0.25) is 0 Å². The molecule has 1 aromatic carbocycles. The van der Waals surface area contributed by atoms with Gasteiger partial charge in [-0.3, -0.25) is 0 Å². The minimum Gasteiger partial charge on any atom is -0.496 e. The van der Waals surface area contributed by atoms with E-state index in [2.05, 4.69) is 22.8 Å². The number of aryl methyl sites for hydroxylation is 1. The summed E-state index contributed by atoms with van der Waals surface area (Å²) in [6.07, 6.45) is 1.66. The van der Waals surface area contributed by atoms with Gasteiger partial charge in [-0.2, -0.15) is 4.58 Å². The van der Waals surface area contributed by atoms with Gasteiger partial charge in [-0.05, 0) is 36.8 Å². The molecule has 0 spiro atoms. The molecule has 0 unspecified atom stereocenters. The first-order valence-corrected chi connectivity index (χ1v) is 8.21. The highest BCUT2D eigenvalue weighted by atomic mass is 32.1. The van der Waals surface area contributed by atoms with Crippen LogP contribution in [0.2, 0.25) is 0 Å². The first kappa shape index (κ1) is 16.1. The Balaban J connectivity index is 1.86. The number of hydrogen-bond donors (Lipinski definition) is 0. The molecule has 0 aliphatic heterocycles. The molecule has 0 amide bonds. The fourth-order valence-electron chi connectivity index (χ4n) is 2.31. The lowest BCUT2D eigenvalue weighted by Gasteiger charge is -2.04. The molecule has 5 nitrogen and oxygen atoms in total. The highest BCUT2D eigenvalue weighted by Gasteiger charge is 2.17. The molecule has 0 atom stereocenters. The van der Waals surface area contributed by atoms with Gasteiger partial charge in [0, 0.05) is 23.7 Å². The number of aromatic nitrogens is 2. The van der Waals surface area contributed by atoms with Gasteiger partial charge < -0.3 is 9.47 Å². The minimum atomic E-state index is 0.709. The van der Waals surface area contributed by atoms with Gasteiger partial charge in [0.15, 0.2) is 11.4 Å². The predicted octanol–water partition coefficient (Wildman–Crippen LogP) is 4.07. The van der Waals surface area contributed by atoms with Crippen molar-refractivity contribution in [1.29, 1.82) is 0 Å². The van der Waals surface area contributed by atoms with Crippen molar-refractivity contribution in [3.63, 3.8) is 0 Å². The summed E-state index contributed by atoms with van der Waals surface area (Å²) >= 11 is 1.52. The van der Waals surface area contributed by atoms with Gasteiger partial charge in [0.1, 0.15) is 11.9 Å². The quantitative estimate of drug-likeness (QED) is 0.519. The number of rotatable bonds is 5. The van der Waals surface area contributed by atoms with Crippen molar-refractivity contribution in [3.05, 3.63) is 47.5 Å². The van der Waals surface area contributed by atoms with E-state index in [0.717, 1.165) is 27.7 Å². The maximum Gasteiger partial charge on any atom is 0.325 e. The third kappa shape index (κ3) is 3.14. The maximum absolute atomic E-state index is 5.30. The van der Waals surface area contributed by atoms with E-state index in [0.29, 0.717) is 11.6 Å². The summed E-state index contributed by atoms with van der Waals surface area (Å²) < 4.78 is 12.1. The van der Waals surface area contributed by atoms with E-state index < -0.39 is 0 Å². The molecule has 2 aromatic heterocycles. The molecule has 0 saturated carbocycles. The summed E-state index contributed by atoms with van der Waals surface area (Å²) in [5.74, 6) is 2.29. The summed E-state index contributed by atoms with van der Waals surface area (Å²) in [6.45, 7) is 6.06. The summed E-state index contributed by atoms with van der Waals surface area (Å²) in [6, 6.07) is 9.73. The average Bonchev–Trinajstić information content (AvgIpc) is 3.11. The summed E-state index contributed by atoms with van der Waals surface area (Å²) in [7, 11) is 3.29. The molecule has 0 fully saturated rings. The van der Waals surface area contributed by atoms with E-state index in [1.807, 2.05) is 36.6 Å². The second-order valence-electron chi connectivity index (χ2n) is 5.18. The number of thiazole rings is 1. The van der Waals surface area contributed by atoms with Crippen LogP contribution in [0.3, 0.4) is 0 Å². The molecule has 0 aliphatic rings. The van der Waals surface area contributed by atoms with Crippen molar-refractivity contribution in [2.45, 2.75) is 6.92 Å². The van der Waals surface area contributed by atoms with E-state index in [1.165, 1.54) is 11.3 Å². The Kier molecular flexibility index (Phi) is 4.57. The van der Waals surface area contributed by atoms with Gasteiger partial charge in [-0.25, -0.2) is 0 Å². The average molecular weight is 340 g/mol. The smallest absolute Gasteiger partial charge is 0.325 e. The van der Waals surface area contributed by atoms with Crippen molar-refractivity contribution in [2.24, 2.45) is 0 Å². The Hall–Kier alpha value is -2.73. The van der Waals surface area contributed by atoms with E-state index in [-0.39, 0.29) is 0 Å². The lowest BCUT2D eigenvalue weighted by molar-refractivity contribution is 0.412. The molecule has 24 heavy (non-hydrogen) atoms. The van der Waals surface area contributed by atoms with Crippen molar-refractivity contribution < 1.29 is 9.47 Å². The first-order chi connectivity index (χ1) is 11.6. The topological polar surface area (TPSA) is 47.2 Å². The zero-order chi connectivity index (χ0) is 17.1. The van der Waals surface area contributed by atoms with Crippen LogP contribution in [0, 0.1) is 6.92 Å². The van der Waals surface area contributed by atoms with E-state index in [1.54, 1.807) is 25.0 Å². The van der Waals surface area contributed by atoms with Crippen LogP contribution in [0.25, 0.3) is 11.3 Å². The Morgan fingerprint density at radius 1 is 1.12 bits per heavy atom. The van der Waals surface area contributed by atoms with Crippen molar-refractivity contribution in [2.75, 3.05) is 14.2 Å². The minimum absolute atomic E-state index is 0.709. The number of hydrogen-bond acceptors (Lipinski definition) is 5. The lowest BCUT2D eigenvalue weighted by Crippen LogP contribution is -2.01. The van der Waals surface area contributed by atoms with Crippen LogP contribution in [0.5, 0.6) is 11.5 Å². The van der Waals surface area contributed by atoms with Gasteiger partial charge in [-0.1, -0.05) is 16.3 Å². The van der Waals surface area contributed by atoms with Crippen LogP contribution < -0.4 is 14.0 Å². The fraction of sp³-hybridized carbons (Fsp3) is 0.167. The van der Waals surface area contributed by atoms with Crippen LogP contribution in [0.15, 0.2) is 41.9 Å². The third-order valence-corrected chi connectivity index (χ3v) is 4.51. The Morgan fingerprint density at radius 2 is 1.96 bits per heavy atom. The zero-order valence-corrected chi connectivity index (χ0v) is 14.6. The van der Waals surface area contributed by atoms with Gasteiger partial charge in [0.25, 0.3) is 5.82 Å². The fourth-order valence-corrected chi connectivity index (χ4v) is 3.09. The maximum atomic E-state index is 5.30. The number of nitrogens with zero attached hydrogens (tertiary/aromatic N) is 3. The molecule has 0 aliphatic carbocycles. The van der Waals surface area contributed by atoms with Gasteiger partial charge in [0.05, 0.1) is 14.2 Å². The monoisotopic (exact) mass is 340 g/mol. The molecule has 0 radical (unpaired) electrons. The van der Waals surface area contributed by atoms with Crippen LogP contribution in [-0.4, -0.2) is 30.9 Å².